The van der Waals surface area contributed by atoms with Crippen LogP contribution in [0.2, 0.25) is 0 Å². The van der Waals surface area contributed by atoms with Crippen molar-refractivity contribution in [2.75, 3.05) is 26.2 Å². The second kappa shape index (κ2) is 20.2. The van der Waals surface area contributed by atoms with E-state index < -0.39 is 0 Å². The SMILES string of the molecule is C=CCNC(=S)NCCCCCCCCCCCCNC(=S)NCC=C. The Morgan fingerprint density at radius 2 is 0.846 bits per heavy atom. The van der Waals surface area contributed by atoms with Crippen LogP contribution in [0.5, 0.6) is 0 Å². The van der Waals surface area contributed by atoms with Crippen molar-refractivity contribution in [2.45, 2.75) is 64.2 Å². The largest absolute Gasteiger partial charge is 0.363 e. The lowest BCUT2D eigenvalue weighted by atomic mass is 10.1. The molecule has 0 atom stereocenters. The van der Waals surface area contributed by atoms with Crippen molar-refractivity contribution >= 4 is 34.7 Å². The molecule has 0 radical (unpaired) electrons. The molecule has 0 aromatic heterocycles. The first-order valence-corrected chi connectivity index (χ1v) is 10.8. The summed E-state index contributed by atoms with van der Waals surface area (Å²) in [6, 6.07) is 0. The van der Waals surface area contributed by atoms with Gasteiger partial charge in [0, 0.05) is 26.2 Å². The number of nitrogens with one attached hydrogen (secondary N) is 4. The lowest BCUT2D eigenvalue weighted by Crippen LogP contribution is -2.35. The zero-order chi connectivity index (χ0) is 19.3. The third-order valence-corrected chi connectivity index (χ3v) is 4.57. The van der Waals surface area contributed by atoms with Crippen LogP contribution in [0.15, 0.2) is 25.3 Å². The van der Waals surface area contributed by atoms with Gasteiger partial charge in [0.1, 0.15) is 0 Å². The highest BCUT2D eigenvalue weighted by atomic mass is 32.1. The van der Waals surface area contributed by atoms with Gasteiger partial charge in [-0.25, -0.2) is 0 Å². The average Bonchev–Trinajstić information content (AvgIpc) is 2.64. The zero-order valence-electron chi connectivity index (χ0n) is 16.3. The van der Waals surface area contributed by atoms with Gasteiger partial charge in [-0.3, -0.25) is 0 Å². The Labute approximate surface area is 171 Å². The molecule has 4 nitrogen and oxygen atoms in total. The molecule has 0 unspecified atom stereocenters. The predicted molar refractivity (Wildman–Crippen MR) is 124 cm³/mol. The van der Waals surface area contributed by atoms with Crippen LogP contribution in [-0.2, 0) is 0 Å². The molecule has 0 aromatic carbocycles. The second-order valence-electron chi connectivity index (χ2n) is 6.39. The summed E-state index contributed by atoms with van der Waals surface area (Å²) in [5, 5.41) is 14.1. The van der Waals surface area contributed by atoms with E-state index >= 15 is 0 Å². The smallest absolute Gasteiger partial charge is 0.166 e. The van der Waals surface area contributed by atoms with Crippen molar-refractivity contribution in [3.05, 3.63) is 25.3 Å². The molecule has 0 saturated heterocycles. The topological polar surface area (TPSA) is 48.1 Å². The number of thiocarbonyl (C=S) groups is 2. The van der Waals surface area contributed by atoms with Crippen LogP contribution in [0.4, 0.5) is 0 Å². The molecular weight excluding hydrogens is 360 g/mol. The van der Waals surface area contributed by atoms with Crippen LogP contribution < -0.4 is 21.3 Å². The average molecular weight is 399 g/mol. The fraction of sp³-hybridized carbons (Fsp3) is 0.700. The minimum atomic E-state index is 0.725. The summed E-state index contributed by atoms with van der Waals surface area (Å²) in [5.74, 6) is 0. The number of hydrogen-bond donors (Lipinski definition) is 4. The van der Waals surface area contributed by atoms with E-state index in [2.05, 4.69) is 34.4 Å². The molecule has 0 aliphatic rings. The first-order chi connectivity index (χ1) is 12.7. The van der Waals surface area contributed by atoms with Gasteiger partial charge in [0.05, 0.1) is 0 Å². The van der Waals surface area contributed by atoms with E-state index in [1.807, 2.05) is 12.2 Å². The van der Waals surface area contributed by atoms with Crippen molar-refractivity contribution in [3.8, 4) is 0 Å². The maximum absolute atomic E-state index is 5.15. The van der Waals surface area contributed by atoms with E-state index in [0.29, 0.717) is 0 Å². The first kappa shape index (κ1) is 24.9. The number of rotatable bonds is 17. The third-order valence-electron chi connectivity index (χ3n) is 3.99. The summed E-state index contributed by atoms with van der Waals surface area (Å²) in [4.78, 5) is 0. The molecule has 0 aliphatic carbocycles. The Balaban J connectivity index is 3.15. The van der Waals surface area contributed by atoms with Gasteiger partial charge in [-0.2, -0.15) is 0 Å². The minimum Gasteiger partial charge on any atom is -0.363 e. The summed E-state index contributed by atoms with van der Waals surface area (Å²) in [6.07, 6.45) is 16.6. The fourth-order valence-corrected chi connectivity index (χ4v) is 2.89. The van der Waals surface area contributed by atoms with Crippen molar-refractivity contribution in [1.29, 1.82) is 0 Å². The van der Waals surface area contributed by atoms with Crippen LogP contribution >= 0.6 is 24.4 Å². The van der Waals surface area contributed by atoms with E-state index in [0.717, 1.165) is 36.4 Å². The molecule has 0 saturated carbocycles. The van der Waals surface area contributed by atoms with Gasteiger partial charge in [0.15, 0.2) is 10.2 Å². The van der Waals surface area contributed by atoms with Gasteiger partial charge < -0.3 is 21.3 Å². The van der Waals surface area contributed by atoms with Crippen molar-refractivity contribution in [2.24, 2.45) is 0 Å². The van der Waals surface area contributed by atoms with E-state index in [9.17, 15) is 0 Å². The Morgan fingerprint density at radius 1 is 0.538 bits per heavy atom. The highest BCUT2D eigenvalue weighted by Crippen LogP contribution is 2.10. The lowest BCUT2D eigenvalue weighted by Gasteiger charge is -2.09. The summed E-state index contributed by atoms with van der Waals surface area (Å²) < 4.78 is 0. The van der Waals surface area contributed by atoms with Crippen molar-refractivity contribution in [3.63, 3.8) is 0 Å². The quantitative estimate of drug-likeness (QED) is 0.167. The van der Waals surface area contributed by atoms with E-state index in [1.165, 1.54) is 64.2 Å². The van der Waals surface area contributed by atoms with Gasteiger partial charge >= 0.3 is 0 Å². The molecule has 26 heavy (non-hydrogen) atoms. The molecule has 0 rings (SSSR count). The molecule has 4 N–H and O–H groups in total. The molecule has 0 amide bonds. The van der Waals surface area contributed by atoms with Gasteiger partial charge in [-0.15, -0.1) is 13.2 Å². The van der Waals surface area contributed by atoms with Gasteiger partial charge in [-0.05, 0) is 37.3 Å². The van der Waals surface area contributed by atoms with Gasteiger partial charge in [-0.1, -0.05) is 63.5 Å². The van der Waals surface area contributed by atoms with E-state index in [-0.39, 0.29) is 0 Å². The Morgan fingerprint density at radius 3 is 1.15 bits per heavy atom. The van der Waals surface area contributed by atoms with Crippen molar-refractivity contribution in [1.82, 2.24) is 21.3 Å². The standard InChI is InChI=1S/C20H38N4S2/c1-3-15-21-19(25)23-17-13-11-9-7-5-6-8-10-12-14-18-24-20(26)22-16-4-2/h3-4H,1-2,5-18H2,(H2,21,23,25)(H2,22,24,26). The maximum Gasteiger partial charge on any atom is 0.166 e. The van der Waals surface area contributed by atoms with Crippen molar-refractivity contribution < 1.29 is 0 Å². The molecule has 0 heterocycles. The van der Waals surface area contributed by atoms with Crippen LogP contribution in [0.3, 0.4) is 0 Å². The van der Waals surface area contributed by atoms with E-state index in [4.69, 9.17) is 24.4 Å². The molecule has 0 fully saturated rings. The van der Waals surface area contributed by atoms with Gasteiger partial charge in [0.2, 0.25) is 0 Å². The van der Waals surface area contributed by atoms with Crippen LogP contribution in [0.1, 0.15) is 64.2 Å². The normalized spacial score (nSPS) is 10.0. The number of unbranched alkanes of at least 4 members (excludes halogenated alkanes) is 9. The molecule has 0 aliphatic heterocycles. The zero-order valence-corrected chi connectivity index (χ0v) is 17.9. The highest BCUT2D eigenvalue weighted by Gasteiger charge is 1.96. The van der Waals surface area contributed by atoms with Crippen LogP contribution in [-0.4, -0.2) is 36.4 Å². The summed E-state index contributed by atoms with van der Waals surface area (Å²) in [7, 11) is 0. The molecule has 0 bridgehead atoms. The summed E-state index contributed by atoms with van der Waals surface area (Å²) in [5.41, 5.74) is 0. The molecule has 0 spiro atoms. The Kier molecular flexibility index (Phi) is 19.3. The minimum absolute atomic E-state index is 0.725. The molecule has 150 valence electrons. The lowest BCUT2D eigenvalue weighted by molar-refractivity contribution is 0.548. The Hall–Kier alpha value is -1.14. The first-order valence-electron chi connectivity index (χ1n) is 9.96. The second-order valence-corrected chi connectivity index (χ2v) is 7.20. The van der Waals surface area contributed by atoms with E-state index in [1.54, 1.807) is 0 Å². The molecular formula is C20H38N4S2. The fourth-order valence-electron chi connectivity index (χ4n) is 2.52. The summed E-state index contributed by atoms with van der Waals surface area (Å²) >= 11 is 10.3. The predicted octanol–water partition coefficient (Wildman–Crippen LogP) is 4.19. The van der Waals surface area contributed by atoms with Gasteiger partial charge in [0.25, 0.3) is 0 Å². The third kappa shape index (κ3) is 19.2. The maximum atomic E-state index is 5.15. The Bertz CT molecular complexity index is 350. The number of hydrogen-bond acceptors (Lipinski definition) is 2. The molecule has 6 heteroatoms. The monoisotopic (exact) mass is 398 g/mol. The van der Waals surface area contributed by atoms with Crippen LogP contribution in [0.25, 0.3) is 0 Å². The highest BCUT2D eigenvalue weighted by molar-refractivity contribution is 7.80. The van der Waals surface area contributed by atoms with Crippen LogP contribution in [0, 0.1) is 0 Å². The molecule has 0 aromatic rings. The summed E-state index contributed by atoms with van der Waals surface area (Å²) in [6.45, 7) is 10.7.